The standard InChI is InChI=1S/C17H24N6O3S/c18-14-11-16(21-15(20-14)9-5-22-3-1-8(9)2-4-22)23(7-19-11)17-13(27)12(25)10(6-24)26-17/h7-10,12-13,17,24-25,27H,1-6H2,(H2,18,20,21)/t9?,10-,12-,13-,17-/m1/s1. The molecule has 5 atom stereocenters. The van der Waals surface area contributed by atoms with E-state index in [0.717, 1.165) is 25.5 Å². The molecule has 2 aromatic heterocycles. The van der Waals surface area contributed by atoms with Gasteiger partial charge in [-0.2, -0.15) is 12.6 Å². The third kappa shape index (κ3) is 2.73. The summed E-state index contributed by atoms with van der Waals surface area (Å²) >= 11 is 4.48. The first kappa shape index (κ1) is 17.6. The molecular weight excluding hydrogens is 368 g/mol. The van der Waals surface area contributed by atoms with Crippen LogP contribution in [-0.2, 0) is 4.74 Å². The van der Waals surface area contributed by atoms with Gasteiger partial charge in [-0.05, 0) is 31.8 Å². The van der Waals surface area contributed by atoms with Crippen molar-refractivity contribution in [2.24, 2.45) is 5.92 Å². The van der Waals surface area contributed by atoms with Crippen molar-refractivity contribution < 1.29 is 14.9 Å². The number of anilines is 1. The van der Waals surface area contributed by atoms with E-state index < -0.39 is 23.7 Å². The molecule has 4 N–H and O–H groups in total. The van der Waals surface area contributed by atoms with Crippen LogP contribution in [0.5, 0.6) is 0 Å². The monoisotopic (exact) mass is 392 g/mol. The van der Waals surface area contributed by atoms with Crippen LogP contribution in [0.3, 0.4) is 0 Å². The Morgan fingerprint density at radius 1 is 1.30 bits per heavy atom. The zero-order chi connectivity index (χ0) is 18.7. The number of hydrogen-bond donors (Lipinski definition) is 4. The number of thiol groups is 1. The molecule has 0 aromatic carbocycles. The molecule has 6 rings (SSSR count). The maximum Gasteiger partial charge on any atom is 0.167 e. The van der Waals surface area contributed by atoms with Crippen LogP contribution in [0.2, 0.25) is 0 Å². The highest BCUT2D eigenvalue weighted by atomic mass is 32.1. The maximum absolute atomic E-state index is 10.2. The lowest BCUT2D eigenvalue weighted by atomic mass is 9.78. The third-order valence-corrected chi connectivity index (χ3v) is 6.81. The largest absolute Gasteiger partial charge is 0.394 e. The lowest BCUT2D eigenvalue weighted by Gasteiger charge is -2.44. The summed E-state index contributed by atoms with van der Waals surface area (Å²) in [6.07, 6.45) is 1.78. The average Bonchev–Trinajstić information content (AvgIpc) is 3.24. The van der Waals surface area contributed by atoms with Crippen LogP contribution >= 0.6 is 12.6 Å². The Kier molecular flexibility index (Phi) is 4.28. The van der Waals surface area contributed by atoms with Gasteiger partial charge in [0.15, 0.2) is 17.7 Å². The van der Waals surface area contributed by atoms with Gasteiger partial charge in [0.2, 0.25) is 0 Å². The van der Waals surface area contributed by atoms with E-state index in [0.29, 0.717) is 22.9 Å². The highest BCUT2D eigenvalue weighted by Crippen LogP contribution is 2.39. The van der Waals surface area contributed by atoms with E-state index in [9.17, 15) is 10.2 Å². The highest BCUT2D eigenvalue weighted by molar-refractivity contribution is 7.81. The average molecular weight is 392 g/mol. The SMILES string of the molecule is Nc1nc(C2CN3CCC2CC3)nc2c1ncn2[C@@H]1O[C@H](CO)[C@@H](O)[C@H]1S. The zero-order valence-electron chi connectivity index (χ0n) is 14.8. The number of fused-ring (bicyclic) bond motifs is 4. The molecule has 0 spiro atoms. The molecule has 0 saturated carbocycles. The van der Waals surface area contributed by atoms with E-state index in [2.05, 4.69) is 27.5 Å². The number of nitrogens with two attached hydrogens (primary N) is 1. The van der Waals surface area contributed by atoms with Crippen LogP contribution in [0.1, 0.15) is 30.8 Å². The Hall–Kier alpha value is -1.46. The molecule has 0 amide bonds. The highest BCUT2D eigenvalue weighted by Gasteiger charge is 2.43. The third-order valence-electron chi connectivity index (χ3n) is 6.24. The van der Waals surface area contributed by atoms with Gasteiger partial charge in [-0.3, -0.25) is 4.57 Å². The molecule has 9 nitrogen and oxygen atoms in total. The van der Waals surface area contributed by atoms with Crippen molar-refractivity contribution in [2.45, 2.75) is 42.4 Å². The fourth-order valence-electron chi connectivity index (χ4n) is 4.68. The molecule has 0 aliphatic carbocycles. The molecule has 4 aliphatic heterocycles. The van der Waals surface area contributed by atoms with Gasteiger partial charge in [0.25, 0.3) is 0 Å². The van der Waals surface area contributed by atoms with E-state index in [-0.39, 0.29) is 12.5 Å². The number of ether oxygens (including phenoxy) is 1. The topological polar surface area (TPSA) is 123 Å². The number of aliphatic hydroxyl groups is 2. The van der Waals surface area contributed by atoms with E-state index in [4.69, 9.17) is 15.5 Å². The van der Waals surface area contributed by atoms with E-state index in [1.165, 1.54) is 12.8 Å². The molecule has 1 unspecified atom stereocenters. The summed E-state index contributed by atoms with van der Waals surface area (Å²) in [6, 6.07) is 0. The van der Waals surface area contributed by atoms with Gasteiger partial charge in [-0.1, -0.05) is 0 Å². The number of nitrogens with zero attached hydrogens (tertiary/aromatic N) is 5. The van der Waals surface area contributed by atoms with Gasteiger partial charge in [0.1, 0.15) is 17.4 Å². The number of imidazole rings is 1. The van der Waals surface area contributed by atoms with Crippen molar-refractivity contribution in [1.29, 1.82) is 0 Å². The summed E-state index contributed by atoms with van der Waals surface area (Å²) in [4.78, 5) is 16.2. The molecule has 4 fully saturated rings. The summed E-state index contributed by atoms with van der Waals surface area (Å²) in [5.74, 6) is 1.97. The fraction of sp³-hybridized carbons (Fsp3) is 0.706. The molecule has 10 heteroatoms. The number of piperidine rings is 3. The first-order valence-electron chi connectivity index (χ1n) is 9.41. The number of nitrogen functional groups attached to an aromatic ring is 1. The first-order chi connectivity index (χ1) is 13.1. The van der Waals surface area contributed by atoms with Crippen molar-refractivity contribution in [1.82, 2.24) is 24.4 Å². The quantitative estimate of drug-likeness (QED) is 0.528. The van der Waals surface area contributed by atoms with E-state index >= 15 is 0 Å². The Morgan fingerprint density at radius 3 is 2.70 bits per heavy atom. The van der Waals surface area contributed by atoms with Crippen LogP contribution in [0.4, 0.5) is 5.82 Å². The Labute approximate surface area is 162 Å². The van der Waals surface area contributed by atoms with Crippen LogP contribution in [0.25, 0.3) is 11.2 Å². The molecule has 2 bridgehead atoms. The second-order valence-corrected chi connectivity index (χ2v) is 8.36. The number of rotatable bonds is 3. The summed E-state index contributed by atoms with van der Waals surface area (Å²) in [5.41, 5.74) is 7.31. The van der Waals surface area contributed by atoms with Gasteiger partial charge < -0.3 is 25.6 Å². The van der Waals surface area contributed by atoms with Crippen LogP contribution in [0.15, 0.2) is 6.33 Å². The van der Waals surface area contributed by atoms with Crippen molar-refractivity contribution in [2.75, 3.05) is 32.0 Å². The predicted octanol–water partition coefficient (Wildman–Crippen LogP) is -0.233. The van der Waals surface area contributed by atoms with Crippen molar-refractivity contribution >= 4 is 29.6 Å². The lowest BCUT2D eigenvalue weighted by Crippen LogP contribution is -2.46. The molecule has 27 heavy (non-hydrogen) atoms. The Balaban J connectivity index is 1.54. The van der Waals surface area contributed by atoms with Crippen molar-refractivity contribution in [3.05, 3.63) is 12.2 Å². The fourth-order valence-corrected chi connectivity index (χ4v) is 5.08. The lowest BCUT2D eigenvalue weighted by molar-refractivity contribution is -0.0430. The van der Waals surface area contributed by atoms with E-state index in [1.54, 1.807) is 10.9 Å². The second kappa shape index (κ2) is 6.56. The first-order valence-corrected chi connectivity index (χ1v) is 9.93. The second-order valence-electron chi connectivity index (χ2n) is 7.76. The van der Waals surface area contributed by atoms with Crippen molar-refractivity contribution in [3.63, 3.8) is 0 Å². The van der Waals surface area contributed by atoms with Gasteiger partial charge in [-0.25, -0.2) is 15.0 Å². The maximum atomic E-state index is 10.2. The van der Waals surface area contributed by atoms with Crippen LogP contribution in [0, 0.1) is 5.92 Å². The molecule has 146 valence electrons. The van der Waals surface area contributed by atoms with Gasteiger partial charge in [0.05, 0.1) is 24.3 Å². The van der Waals surface area contributed by atoms with Crippen molar-refractivity contribution in [3.8, 4) is 0 Å². The van der Waals surface area contributed by atoms with E-state index in [1.807, 2.05) is 0 Å². The smallest absolute Gasteiger partial charge is 0.167 e. The molecule has 4 aliphatic rings. The predicted molar refractivity (Wildman–Crippen MR) is 101 cm³/mol. The molecule has 0 radical (unpaired) electrons. The minimum atomic E-state index is -0.874. The summed E-state index contributed by atoms with van der Waals surface area (Å²) in [5, 5.41) is 19.1. The van der Waals surface area contributed by atoms with Gasteiger partial charge >= 0.3 is 0 Å². The minimum Gasteiger partial charge on any atom is -0.394 e. The molecule has 6 heterocycles. The molecule has 4 saturated heterocycles. The molecular formula is C17H24N6O3S. The van der Waals surface area contributed by atoms with Crippen LogP contribution in [-0.4, -0.2) is 78.3 Å². The normalized spacial score (nSPS) is 38.7. The zero-order valence-corrected chi connectivity index (χ0v) is 15.7. The number of aliphatic hydroxyl groups excluding tert-OH is 2. The Bertz CT molecular complexity index is 855. The van der Waals surface area contributed by atoms with Gasteiger partial charge in [-0.15, -0.1) is 0 Å². The number of hydrogen-bond acceptors (Lipinski definition) is 9. The minimum absolute atomic E-state index is 0.273. The van der Waals surface area contributed by atoms with Crippen LogP contribution < -0.4 is 5.73 Å². The number of aromatic nitrogens is 4. The summed E-state index contributed by atoms with van der Waals surface area (Å²) < 4.78 is 7.54. The Morgan fingerprint density at radius 2 is 2.07 bits per heavy atom. The molecule has 2 aromatic rings. The summed E-state index contributed by atoms with van der Waals surface area (Å²) in [6.45, 7) is 2.98. The summed E-state index contributed by atoms with van der Waals surface area (Å²) in [7, 11) is 0. The van der Waals surface area contributed by atoms with Gasteiger partial charge in [0, 0.05) is 12.5 Å².